The summed E-state index contributed by atoms with van der Waals surface area (Å²) in [7, 11) is -3.81. The lowest BCUT2D eigenvalue weighted by Crippen LogP contribution is -2.11. The molecule has 0 bridgehead atoms. The third-order valence-corrected chi connectivity index (χ3v) is 5.82. The van der Waals surface area contributed by atoms with Gasteiger partial charge in [0.1, 0.15) is 10.6 Å². The van der Waals surface area contributed by atoms with E-state index in [9.17, 15) is 18.0 Å². The second kappa shape index (κ2) is 4.30. The van der Waals surface area contributed by atoms with E-state index < -0.39 is 21.2 Å². The topological polar surface area (TPSA) is 104 Å². The Labute approximate surface area is 129 Å². The van der Waals surface area contributed by atoms with Crippen LogP contribution in [0.2, 0.25) is 0 Å². The van der Waals surface area contributed by atoms with Gasteiger partial charge in [0, 0.05) is 22.6 Å². The number of carbonyl (C=O) groups is 1. The van der Waals surface area contributed by atoms with E-state index in [1.54, 1.807) is 24.3 Å². The van der Waals surface area contributed by atoms with Gasteiger partial charge in [-0.25, -0.2) is 13.2 Å². The maximum Gasteiger partial charge on any atom is 0.352 e. The minimum atomic E-state index is -3.81. The molecule has 0 fully saturated rings. The van der Waals surface area contributed by atoms with E-state index >= 15 is 0 Å². The van der Waals surface area contributed by atoms with Gasteiger partial charge in [-0.1, -0.05) is 24.3 Å². The zero-order valence-corrected chi connectivity index (χ0v) is 12.3. The first-order valence-electron chi connectivity index (χ1n) is 6.69. The Morgan fingerprint density at radius 1 is 1.04 bits per heavy atom. The Balaban J connectivity index is 2.24. The van der Waals surface area contributed by atoms with Crippen LogP contribution in [0.3, 0.4) is 0 Å². The van der Waals surface area contributed by atoms with Gasteiger partial charge >= 0.3 is 5.97 Å². The molecule has 0 aliphatic carbocycles. The Morgan fingerprint density at radius 2 is 1.78 bits per heavy atom. The van der Waals surface area contributed by atoms with Crippen molar-refractivity contribution in [3.8, 4) is 11.1 Å². The molecule has 1 aliphatic heterocycles. The number of aromatic carboxylic acids is 1. The molecule has 0 spiro atoms. The van der Waals surface area contributed by atoms with Gasteiger partial charge in [0.05, 0.1) is 10.4 Å². The number of carboxylic acids is 1. The van der Waals surface area contributed by atoms with Gasteiger partial charge in [0.2, 0.25) is 9.84 Å². The quantitative estimate of drug-likeness (QED) is 0.557. The molecule has 0 saturated carbocycles. The molecule has 0 amide bonds. The van der Waals surface area contributed by atoms with Crippen molar-refractivity contribution in [3.63, 3.8) is 0 Å². The zero-order chi connectivity index (χ0) is 16.4. The number of H-pyrrole nitrogens is 1. The molecule has 2 heterocycles. The van der Waals surface area contributed by atoms with Crippen LogP contribution in [0.1, 0.15) is 10.5 Å². The molecule has 6 nitrogen and oxygen atoms in total. The monoisotopic (exact) mass is 327 g/mol. The average molecular weight is 327 g/mol. The lowest BCUT2D eigenvalue weighted by Gasteiger charge is -2.06. The molecule has 1 aliphatic rings. The van der Waals surface area contributed by atoms with Crippen LogP contribution >= 0.6 is 0 Å². The number of hydrogen-bond acceptors (Lipinski definition) is 4. The molecule has 0 unspecified atom stereocenters. The number of aromatic nitrogens is 1. The van der Waals surface area contributed by atoms with Gasteiger partial charge in [-0.15, -0.1) is 0 Å². The molecule has 3 aromatic rings. The molecule has 2 N–H and O–H groups in total. The third kappa shape index (κ3) is 1.71. The average Bonchev–Trinajstić information content (AvgIpc) is 2.76. The second-order valence-corrected chi connectivity index (χ2v) is 7.07. The lowest BCUT2D eigenvalue weighted by atomic mass is 10.0. The number of benzene rings is 2. The molecule has 1 aromatic heterocycles. The van der Waals surface area contributed by atoms with E-state index in [1.807, 2.05) is 0 Å². The second-order valence-electron chi connectivity index (χ2n) is 5.22. The van der Waals surface area contributed by atoms with Crippen LogP contribution in [0.4, 0.5) is 0 Å². The first-order valence-corrected chi connectivity index (χ1v) is 8.17. The highest BCUT2D eigenvalue weighted by atomic mass is 32.2. The fourth-order valence-electron chi connectivity index (χ4n) is 2.93. The number of sulfone groups is 1. The number of aromatic amines is 1. The summed E-state index contributed by atoms with van der Waals surface area (Å²) >= 11 is 0. The highest BCUT2D eigenvalue weighted by Gasteiger charge is 2.35. The molecule has 114 valence electrons. The Morgan fingerprint density at radius 3 is 2.52 bits per heavy atom. The van der Waals surface area contributed by atoms with Crippen molar-refractivity contribution in [2.75, 3.05) is 0 Å². The van der Waals surface area contributed by atoms with Crippen molar-refractivity contribution in [1.82, 2.24) is 4.98 Å². The van der Waals surface area contributed by atoms with E-state index in [2.05, 4.69) is 4.98 Å². The molecule has 4 rings (SSSR count). The van der Waals surface area contributed by atoms with Crippen LogP contribution < -0.4 is 5.43 Å². The molecule has 7 heteroatoms. The van der Waals surface area contributed by atoms with Gasteiger partial charge < -0.3 is 10.1 Å². The van der Waals surface area contributed by atoms with Crippen molar-refractivity contribution >= 4 is 26.7 Å². The smallest absolute Gasteiger partial charge is 0.352 e. The van der Waals surface area contributed by atoms with E-state index in [4.69, 9.17) is 5.11 Å². The summed E-state index contributed by atoms with van der Waals surface area (Å²) in [6.07, 6.45) is 0. The minimum Gasteiger partial charge on any atom is -0.477 e. The van der Waals surface area contributed by atoms with Crippen LogP contribution in [-0.4, -0.2) is 24.5 Å². The Hall–Kier alpha value is -2.93. The van der Waals surface area contributed by atoms with Crippen molar-refractivity contribution < 1.29 is 18.3 Å². The number of rotatable bonds is 1. The number of hydrogen-bond donors (Lipinski definition) is 2. The van der Waals surface area contributed by atoms with Crippen LogP contribution in [0.15, 0.2) is 57.1 Å². The first-order chi connectivity index (χ1) is 10.9. The fourth-order valence-corrected chi connectivity index (χ4v) is 4.77. The predicted octanol–water partition coefficient (Wildman–Crippen LogP) is 2.04. The summed E-state index contributed by atoms with van der Waals surface area (Å²) in [5, 5.41) is 9.24. The Kier molecular flexibility index (Phi) is 2.56. The number of carboxylic acid groups (broad SMARTS) is 1. The SMILES string of the molecule is O=C(O)c1cc(=O)c2ccc3c(c2[nH]1)S(=O)(=O)c1ccccc1-3. The first kappa shape index (κ1) is 13.7. The summed E-state index contributed by atoms with van der Waals surface area (Å²) in [4.78, 5) is 26.0. The van der Waals surface area contributed by atoms with E-state index in [0.29, 0.717) is 11.1 Å². The molecule has 2 aromatic carbocycles. The minimum absolute atomic E-state index is 0.0311. The standard InChI is InChI=1S/C16H9NO5S/c18-12-7-11(16(19)20)17-14-10(12)6-5-9-8-3-1-2-4-13(8)23(21,22)15(9)14/h1-7H,(H,17,18)(H,19,20). The van der Waals surface area contributed by atoms with Crippen LogP contribution in [0, 0.1) is 0 Å². The molecule has 0 atom stereocenters. The van der Waals surface area contributed by atoms with Crippen LogP contribution in [0.5, 0.6) is 0 Å². The van der Waals surface area contributed by atoms with Gasteiger partial charge in [-0.2, -0.15) is 0 Å². The van der Waals surface area contributed by atoms with Gasteiger partial charge in [-0.3, -0.25) is 4.79 Å². The largest absolute Gasteiger partial charge is 0.477 e. The molecule has 0 saturated heterocycles. The normalized spacial score (nSPS) is 14.4. The number of fused-ring (bicyclic) bond motifs is 5. The number of nitrogens with one attached hydrogen (secondary N) is 1. The molecular weight excluding hydrogens is 318 g/mol. The number of pyridine rings is 1. The molecule has 23 heavy (non-hydrogen) atoms. The third-order valence-electron chi connectivity index (χ3n) is 3.92. The maximum absolute atomic E-state index is 12.8. The summed E-state index contributed by atoms with van der Waals surface area (Å²) < 4.78 is 25.6. The molecular formula is C16H9NO5S. The Bertz CT molecular complexity index is 1170. The van der Waals surface area contributed by atoms with Gasteiger partial charge in [0.25, 0.3) is 0 Å². The van der Waals surface area contributed by atoms with E-state index in [1.165, 1.54) is 12.1 Å². The highest BCUT2D eigenvalue weighted by molar-refractivity contribution is 7.92. The van der Waals surface area contributed by atoms with Crippen molar-refractivity contribution in [1.29, 1.82) is 0 Å². The molecule has 0 radical (unpaired) electrons. The summed E-state index contributed by atoms with van der Waals surface area (Å²) in [6, 6.07) is 10.6. The maximum atomic E-state index is 12.8. The van der Waals surface area contributed by atoms with Crippen molar-refractivity contribution in [3.05, 3.63) is 58.4 Å². The van der Waals surface area contributed by atoms with Crippen LogP contribution in [0.25, 0.3) is 22.0 Å². The zero-order valence-electron chi connectivity index (χ0n) is 11.5. The van der Waals surface area contributed by atoms with E-state index in [-0.39, 0.29) is 26.4 Å². The van der Waals surface area contributed by atoms with E-state index in [0.717, 1.165) is 6.07 Å². The lowest BCUT2D eigenvalue weighted by molar-refractivity contribution is 0.0690. The van der Waals surface area contributed by atoms with Crippen molar-refractivity contribution in [2.45, 2.75) is 9.79 Å². The van der Waals surface area contributed by atoms with Crippen LogP contribution in [-0.2, 0) is 9.84 Å². The van der Waals surface area contributed by atoms with Gasteiger partial charge in [0.15, 0.2) is 5.43 Å². The fraction of sp³-hybridized carbons (Fsp3) is 0. The summed E-state index contributed by atoms with van der Waals surface area (Å²) in [5.41, 5.74) is 0.160. The highest BCUT2D eigenvalue weighted by Crippen LogP contribution is 2.45. The van der Waals surface area contributed by atoms with Gasteiger partial charge in [-0.05, 0) is 12.1 Å². The van der Waals surface area contributed by atoms with Crippen molar-refractivity contribution in [2.24, 2.45) is 0 Å². The summed E-state index contributed by atoms with van der Waals surface area (Å²) in [5.74, 6) is -1.32. The summed E-state index contributed by atoms with van der Waals surface area (Å²) in [6.45, 7) is 0. The predicted molar refractivity (Wildman–Crippen MR) is 82.4 cm³/mol.